The molecule has 4 nitrogen and oxygen atoms in total. The zero-order valence-corrected chi connectivity index (χ0v) is 16.1. The molecule has 3 aromatic carbocycles. The van der Waals surface area contributed by atoms with Crippen molar-refractivity contribution in [2.75, 3.05) is 4.72 Å². The normalized spacial score (nSPS) is 11.6. The van der Waals surface area contributed by atoms with Crippen LogP contribution in [-0.2, 0) is 10.0 Å². The van der Waals surface area contributed by atoms with E-state index in [9.17, 15) is 8.42 Å². The molecule has 0 atom stereocenters. The van der Waals surface area contributed by atoms with Gasteiger partial charge >= 0.3 is 0 Å². The minimum atomic E-state index is -3.85. The Bertz CT molecular complexity index is 1220. The van der Waals surface area contributed by atoms with Crippen LogP contribution >= 0.6 is 23.2 Å². The monoisotopic (exact) mass is 417 g/mol. The number of furan rings is 1. The molecule has 27 heavy (non-hydrogen) atoms. The fourth-order valence-electron chi connectivity index (χ4n) is 2.77. The van der Waals surface area contributed by atoms with Crippen LogP contribution in [-0.4, -0.2) is 8.42 Å². The molecule has 1 aromatic heterocycles. The van der Waals surface area contributed by atoms with E-state index in [0.717, 1.165) is 5.56 Å². The predicted molar refractivity (Wildman–Crippen MR) is 109 cm³/mol. The molecule has 1 N–H and O–H groups in total. The number of rotatable bonds is 4. The number of benzene rings is 3. The number of sulfonamides is 1. The van der Waals surface area contributed by atoms with E-state index in [1.165, 1.54) is 24.3 Å². The van der Waals surface area contributed by atoms with E-state index in [1.54, 1.807) is 18.2 Å². The summed E-state index contributed by atoms with van der Waals surface area (Å²) >= 11 is 12.0. The predicted octanol–water partition coefficient (Wildman–Crippen LogP) is 6.21. The minimum absolute atomic E-state index is 0.0993. The lowest BCUT2D eigenvalue weighted by Gasteiger charge is -2.09. The van der Waals surface area contributed by atoms with Crippen molar-refractivity contribution in [1.82, 2.24) is 0 Å². The van der Waals surface area contributed by atoms with Crippen molar-refractivity contribution in [3.63, 3.8) is 0 Å². The summed E-state index contributed by atoms with van der Waals surface area (Å²) in [5.74, 6) is 0.422. The molecule has 0 aliphatic rings. The molecule has 1 heterocycles. The van der Waals surface area contributed by atoms with Crippen molar-refractivity contribution in [2.45, 2.75) is 4.90 Å². The molecular weight excluding hydrogens is 405 g/mol. The molecule has 0 fully saturated rings. The minimum Gasteiger partial charge on any atom is -0.454 e. The fraction of sp³-hybridized carbons (Fsp3) is 0. The second-order valence-corrected chi connectivity index (χ2v) is 8.43. The summed E-state index contributed by atoms with van der Waals surface area (Å²) in [7, 11) is -3.85. The summed E-state index contributed by atoms with van der Waals surface area (Å²) < 4.78 is 34.4. The number of fused-ring (bicyclic) bond motifs is 1. The fourth-order valence-corrected chi connectivity index (χ4v) is 4.15. The van der Waals surface area contributed by atoms with Gasteiger partial charge < -0.3 is 4.42 Å². The van der Waals surface area contributed by atoms with E-state index in [-0.39, 0.29) is 4.90 Å². The lowest BCUT2D eigenvalue weighted by atomic mass is 10.1. The molecule has 0 aliphatic heterocycles. The number of hydrogen-bond acceptors (Lipinski definition) is 3. The maximum Gasteiger partial charge on any atom is 0.262 e. The first-order chi connectivity index (χ1) is 12.9. The Morgan fingerprint density at radius 2 is 1.48 bits per heavy atom. The molecule has 0 bridgehead atoms. The highest BCUT2D eigenvalue weighted by molar-refractivity contribution is 7.92. The van der Waals surface area contributed by atoms with Crippen molar-refractivity contribution in [2.24, 2.45) is 0 Å². The maximum atomic E-state index is 12.9. The molecule has 0 amide bonds. The van der Waals surface area contributed by atoms with Gasteiger partial charge in [-0.25, -0.2) is 8.42 Å². The van der Waals surface area contributed by atoms with Crippen LogP contribution in [0.25, 0.3) is 22.3 Å². The van der Waals surface area contributed by atoms with Gasteiger partial charge in [-0.15, -0.1) is 0 Å². The van der Waals surface area contributed by atoms with E-state index in [4.69, 9.17) is 27.6 Å². The lowest BCUT2D eigenvalue weighted by molar-refractivity contribution is 0.600. The molecule has 7 heteroatoms. The Kier molecular flexibility index (Phi) is 4.60. The lowest BCUT2D eigenvalue weighted by Crippen LogP contribution is -2.13. The second kappa shape index (κ2) is 6.93. The Morgan fingerprint density at radius 3 is 2.19 bits per heavy atom. The molecule has 0 saturated heterocycles. The van der Waals surface area contributed by atoms with Gasteiger partial charge in [0, 0.05) is 21.0 Å². The van der Waals surface area contributed by atoms with E-state index in [0.29, 0.717) is 32.5 Å². The van der Waals surface area contributed by atoms with Gasteiger partial charge in [0.15, 0.2) is 5.76 Å². The van der Waals surface area contributed by atoms with Crippen molar-refractivity contribution >= 4 is 49.9 Å². The summed E-state index contributed by atoms with van der Waals surface area (Å²) in [6.45, 7) is 0. The number of hydrogen-bond donors (Lipinski definition) is 1. The average molecular weight is 418 g/mol. The average Bonchev–Trinajstić information content (AvgIpc) is 3.00. The Morgan fingerprint density at radius 1 is 0.815 bits per heavy atom. The van der Waals surface area contributed by atoms with Crippen LogP contribution in [0.15, 0.2) is 82.1 Å². The summed E-state index contributed by atoms with van der Waals surface area (Å²) in [5, 5.41) is 1.52. The second-order valence-electron chi connectivity index (χ2n) is 5.87. The molecule has 0 saturated carbocycles. The summed E-state index contributed by atoms with van der Waals surface area (Å²) in [4.78, 5) is 0.0993. The van der Waals surface area contributed by atoms with Gasteiger partial charge in [0.05, 0.1) is 4.90 Å². The van der Waals surface area contributed by atoms with Gasteiger partial charge in [-0.05, 0) is 42.5 Å². The van der Waals surface area contributed by atoms with Gasteiger partial charge in [0.25, 0.3) is 10.0 Å². The van der Waals surface area contributed by atoms with Crippen LogP contribution in [0, 0.1) is 0 Å². The molecule has 136 valence electrons. The van der Waals surface area contributed by atoms with Crippen molar-refractivity contribution in [1.29, 1.82) is 0 Å². The Balaban J connectivity index is 1.89. The van der Waals surface area contributed by atoms with E-state index in [2.05, 4.69) is 4.72 Å². The van der Waals surface area contributed by atoms with E-state index < -0.39 is 10.0 Å². The Labute approximate surface area is 166 Å². The molecule has 0 radical (unpaired) electrons. The highest BCUT2D eigenvalue weighted by Gasteiger charge is 2.22. The van der Waals surface area contributed by atoms with Crippen molar-refractivity contribution in [3.8, 4) is 11.3 Å². The summed E-state index contributed by atoms with van der Waals surface area (Å²) in [6, 6.07) is 20.3. The molecular formula is C20H13Cl2NO3S. The van der Waals surface area contributed by atoms with E-state index in [1.807, 2.05) is 30.3 Å². The number of nitrogens with one attached hydrogen (secondary N) is 1. The quantitative estimate of drug-likeness (QED) is 0.429. The highest BCUT2D eigenvalue weighted by atomic mass is 35.5. The van der Waals surface area contributed by atoms with Crippen LogP contribution in [0.4, 0.5) is 5.69 Å². The third kappa shape index (κ3) is 3.54. The molecule has 4 rings (SSSR count). The van der Waals surface area contributed by atoms with E-state index >= 15 is 0 Å². The molecule has 0 unspecified atom stereocenters. The third-order valence-electron chi connectivity index (χ3n) is 4.05. The van der Waals surface area contributed by atoms with Crippen LogP contribution in [0.2, 0.25) is 10.0 Å². The largest absolute Gasteiger partial charge is 0.454 e. The topological polar surface area (TPSA) is 59.3 Å². The van der Waals surface area contributed by atoms with Crippen LogP contribution in [0.3, 0.4) is 0 Å². The van der Waals surface area contributed by atoms with Gasteiger partial charge in [-0.3, -0.25) is 4.72 Å². The summed E-state index contributed by atoms with van der Waals surface area (Å²) in [5.41, 5.74) is 1.62. The molecule has 0 aliphatic carbocycles. The first kappa shape index (κ1) is 17.9. The number of halogens is 2. The smallest absolute Gasteiger partial charge is 0.262 e. The van der Waals surface area contributed by atoms with Crippen LogP contribution in [0.1, 0.15) is 0 Å². The van der Waals surface area contributed by atoms with Gasteiger partial charge in [0.2, 0.25) is 0 Å². The first-order valence-corrected chi connectivity index (χ1v) is 10.2. The summed E-state index contributed by atoms with van der Waals surface area (Å²) in [6.07, 6.45) is 0. The van der Waals surface area contributed by atoms with Gasteiger partial charge in [-0.1, -0.05) is 53.5 Å². The standard InChI is InChI=1S/C20H13Cl2NO3S/c21-14-6-9-16(10-7-14)27(24,25)23-19-17-12-15(22)8-11-18(17)26-20(19)13-4-2-1-3-5-13/h1-12,23H. The van der Waals surface area contributed by atoms with Gasteiger partial charge in [-0.2, -0.15) is 0 Å². The zero-order chi connectivity index (χ0) is 19.0. The highest BCUT2D eigenvalue weighted by Crippen LogP contribution is 2.40. The SMILES string of the molecule is O=S(=O)(Nc1c(-c2ccccc2)oc2ccc(Cl)cc12)c1ccc(Cl)cc1. The van der Waals surface area contributed by atoms with Crippen LogP contribution in [0.5, 0.6) is 0 Å². The van der Waals surface area contributed by atoms with Crippen LogP contribution < -0.4 is 4.72 Å². The maximum absolute atomic E-state index is 12.9. The van der Waals surface area contributed by atoms with Gasteiger partial charge in [0.1, 0.15) is 11.3 Å². The number of anilines is 1. The third-order valence-corrected chi connectivity index (χ3v) is 5.90. The first-order valence-electron chi connectivity index (χ1n) is 8.00. The van der Waals surface area contributed by atoms with Crippen molar-refractivity contribution < 1.29 is 12.8 Å². The molecule has 4 aromatic rings. The zero-order valence-electron chi connectivity index (χ0n) is 13.8. The van der Waals surface area contributed by atoms with Crippen molar-refractivity contribution in [3.05, 3.63) is 82.8 Å². The Hall–Kier alpha value is -2.47. The molecule has 0 spiro atoms.